The molecular formula is C9H13N3OS. The molecule has 76 valence electrons. The van der Waals surface area contributed by atoms with E-state index >= 15 is 0 Å². The van der Waals surface area contributed by atoms with Crippen LogP contribution in [0.25, 0.3) is 0 Å². The third kappa shape index (κ3) is 3.38. The van der Waals surface area contributed by atoms with Crippen molar-refractivity contribution in [2.24, 2.45) is 5.92 Å². The van der Waals surface area contributed by atoms with Gasteiger partial charge in [0.05, 0.1) is 17.7 Å². The molecule has 0 bridgehead atoms. The summed E-state index contributed by atoms with van der Waals surface area (Å²) < 4.78 is 5.01. The Balaban J connectivity index is 2.47. The minimum absolute atomic E-state index is 0.0675. The molecule has 1 aromatic rings. The molecule has 0 amide bonds. The lowest BCUT2D eigenvalue weighted by atomic mass is 10.1. The highest BCUT2D eigenvalue weighted by Gasteiger charge is 2.09. The lowest BCUT2D eigenvalue weighted by molar-refractivity contribution is 0.366. The number of thioether (sulfide) groups is 1. The number of rotatable bonds is 5. The first kappa shape index (κ1) is 11.1. The Morgan fingerprint density at radius 2 is 2.43 bits per heavy atom. The summed E-state index contributed by atoms with van der Waals surface area (Å²) >= 11 is 1.75. The van der Waals surface area contributed by atoms with Crippen LogP contribution < -0.4 is 0 Å². The number of nitrogens with zero attached hydrogens (tertiary/aromatic N) is 3. The van der Waals surface area contributed by atoms with Gasteiger partial charge in [-0.2, -0.15) is 22.0 Å². The minimum Gasteiger partial charge on any atom is -0.339 e. The second-order valence-electron chi connectivity index (χ2n) is 2.98. The number of nitriles is 1. The van der Waals surface area contributed by atoms with Crippen LogP contribution in [0, 0.1) is 17.2 Å². The average Bonchev–Trinajstić information content (AvgIpc) is 2.62. The van der Waals surface area contributed by atoms with Crippen LogP contribution in [0.2, 0.25) is 0 Å². The maximum Gasteiger partial charge on any atom is 0.227 e. The van der Waals surface area contributed by atoms with Crippen molar-refractivity contribution in [1.29, 1.82) is 5.26 Å². The van der Waals surface area contributed by atoms with Gasteiger partial charge in [0.1, 0.15) is 0 Å². The zero-order chi connectivity index (χ0) is 10.4. The third-order valence-corrected chi connectivity index (χ3v) is 2.52. The summed E-state index contributed by atoms with van der Waals surface area (Å²) in [5.74, 6) is 3.03. The molecule has 14 heavy (non-hydrogen) atoms. The van der Waals surface area contributed by atoms with Gasteiger partial charge in [0.2, 0.25) is 5.89 Å². The molecule has 4 nitrogen and oxygen atoms in total. The summed E-state index contributed by atoms with van der Waals surface area (Å²) in [7, 11) is 0. The van der Waals surface area contributed by atoms with Gasteiger partial charge in [0.25, 0.3) is 0 Å². The van der Waals surface area contributed by atoms with E-state index in [9.17, 15) is 0 Å². The van der Waals surface area contributed by atoms with Crippen LogP contribution >= 0.6 is 11.8 Å². The second-order valence-corrected chi connectivity index (χ2v) is 4.25. The van der Waals surface area contributed by atoms with Crippen molar-refractivity contribution in [3.05, 3.63) is 11.7 Å². The Labute approximate surface area is 87.7 Å². The van der Waals surface area contributed by atoms with E-state index in [4.69, 9.17) is 9.78 Å². The molecule has 5 heteroatoms. The molecule has 0 aliphatic carbocycles. The molecular weight excluding hydrogens is 198 g/mol. The van der Waals surface area contributed by atoms with Crippen LogP contribution in [0.4, 0.5) is 0 Å². The molecule has 0 radical (unpaired) electrons. The summed E-state index contributed by atoms with van der Waals surface area (Å²) in [4.78, 5) is 4.19. The maximum absolute atomic E-state index is 8.60. The Kier molecular flexibility index (Phi) is 4.47. The van der Waals surface area contributed by atoms with Crippen LogP contribution in [0.5, 0.6) is 0 Å². The zero-order valence-corrected chi connectivity index (χ0v) is 9.17. The van der Waals surface area contributed by atoms with Gasteiger partial charge in [0.15, 0.2) is 5.82 Å². The highest BCUT2D eigenvalue weighted by Crippen LogP contribution is 2.10. The fourth-order valence-electron chi connectivity index (χ4n) is 0.933. The number of aromatic nitrogens is 2. The lowest BCUT2D eigenvalue weighted by Crippen LogP contribution is -1.96. The van der Waals surface area contributed by atoms with Crippen LogP contribution in [0.1, 0.15) is 25.6 Å². The fraction of sp³-hybridized carbons (Fsp3) is 0.667. The quantitative estimate of drug-likeness (QED) is 0.745. The van der Waals surface area contributed by atoms with Gasteiger partial charge < -0.3 is 4.52 Å². The van der Waals surface area contributed by atoms with E-state index in [1.165, 1.54) is 0 Å². The molecule has 0 spiro atoms. The van der Waals surface area contributed by atoms with E-state index in [1.54, 1.807) is 11.8 Å². The van der Waals surface area contributed by atoms with Gasteiger partial charge >= 0.3 is 0 Å². The van der Waals surface area contributed by atoms with Gasteiger partial charge in [-0.1, -0.05) is 12.1 Å². The van der Waals surface area contributed by atoms with E-state index in [1.807, 2.05) is 6.92 Å². The first-order chi connectivity index (χ1) is 6.76. The van der Waals surface area contributed by atoms with Gasteiger partial charge in [-0.05, 0) is 12.7 Å². The van der Waals surface area contributed by atoms with Gasteiger partial charge in [-0.15, -0.1) is 0 Å². The van der Waals surface area contributed by atoms with Crippen LogP contribution in [0.15, 0.2) is 4.52 Å². The Morgan fingerprint density at radius 3 is 3.07 bits per heavy atom. The maximum atomic E-state index is 8.60. The summed E-state index contributed by atoms with van der Waals surface area (Å²) in [6.45, 7) is 3.92. The molecule has 1 unspecified atom stereocenters. The Hall–Kier alpha value is -1.02. The van der Waals surface area contributed by atoms with Gasteiger partial charge in [-0.3, -0.25) is 0 Å². The molecule has 0 N–H and O–H groups in total. The summed E-state index contributed by atoms with van der Waals surface area (Å²) in [5.41, 5.74) is 0. The van der Waals surface area contributed by atoms with E-state index in [0.717, 1.165) is 17.3 Å². The third-order valence-electron chi connectivity index (χ3n) is 1.65. The van der Waals surface area contributed by atoms with E-state index < -0.39 is 0 Å². The van der Waals surface area contributed by atoms with E-state index in [0.29, 0.717) is 12.3 Å². The largest absolute Gasteiger partial charge is 0.339 e. The monoisotopic (exact) mass is 211 g/mol. The highest BCUT2D eigenvalue weighted by atomic mass is 32.2. The number of hydrogen-bond donors (Lipinski definition) is 0. The van der Waals surface area contributed by atoms with Crippen molar-refractivity contribution < 1.29 is 4.52 Å². The first-order valence-electron chi connectivity index (χ1n) is 4.55. The lowest BCUT2D eigenvalue weighted by Gasteiger charge is -1.93. The molecule has 0 saturated carbocycles. The predicted molar refractivity (Wildman–Crippen MR) is 54.6 cm³/mol. The zero-order valence-electron chi connectivity index (χ0n) is 8.36. The predicted octanol–water partition coefficient (Wildman–Crippen LogP) is 2.02. The van der Waals surface area contributed by atoms with Crippen molar-refractivity contribution in [1.82, 2.24) is 10.1 Å². The van der Waals surface area contributed by atoms with Crippen molar-refractivity contribution in [2.75, 3.05) is 5.75 Å². The molecule has 1 aromatic heterocycles. The van der Waals surface area contributed by atoms with Crippen LogP contribution in [0.3, 0.4) is 0 Å². The SMILES string of the molecule is CCSCc1noc(CC(C)C#N)n1. The first-order valence-corrected chi connectivity index (χ1v) is 5.70. The summed E-state index contributed by atoms with van der Waals surface area (Å²) in [5, 5.41) is 12.4. The van der Waals surface area contributed by atoms with Crippen molar-refractivity contribution in [2.45, 2.75) is 26.0 Å². The van der Waals surface area contributed by atoms with E-state index in [2.05, 4.69) is 23.1 Å². The molecule has 0 aliphatic rings. The van der Waals surface area contributed by atoms with Gasteiger partial charge in [-0.25, -0.2) is 0 Å². The fourth-order valence-corrected chi connectivity index (χ4v) is 1.44. The minimum atomic E-state index is -0.0675. The van der Waals surface area contributed by atoms with Crippen molar-refractivity contribution >= 4 is 11.8 Å². The molecule has 1 rings (SSSR count). The van der Waals surface area contributed by atoms with Crippen molar-refractivity contribution in [3.63, 3.8) is 0 Å². The van der Waals surface area contributed by atoms with Crippen LogP contribution in [-0.4, -0.2) is 15.9 Å². The standard InChI is InChI=1S/C9H13N3OS/c1-3-14-6-8-11-9(13-12-8)4-7(2)5-10/h7H,3-4,6H2,1-2H3. The normalized spacial score (nSPS) is 12.4. The molecule has 1 atom stereocenters. The topological polar surface area (TPSA) is 62.7 Å². The Bertz CT molecular complexity index is 318. The molecule has 0 aromatic carbocycles. The van der Waals surface area contributed by atoms with Crippen molar-refractivity contribution in [3.8, 4) is 6.07 Å². The summed E-state index contributed by atoms with van der Waals surface area (Å²) in [6, 6.07) is 2.13. The van der Waals surface area contributed by atoms with E-state index in [-0.39, 0.29) is 5.92 Å². The molecule has 1 heterocycles. The average molecular weight is 211 g/mol. The highest BCUT2D eigenvalue weighted by molar-refractivity contribution is 7.98. The molecule has 0 fully saturated rings. The smallest absolute Gasteiger partial charge is 0.227 e. The van der Waals surface area contributed by atoms with Crippen LogP contribution in [-0.2, 0) is 12.2 Å². The van der Waals surface area contributed by atoms with Gasteiger partial charge in [0, 0.05) is 6.42 Å². The number of hydrogen-bond acceptors (Lipinski definition) is 5. The Morgan fingerprint density at radius 1 is 1.64 bits per heavy atom. The molecule has 0 aliphatic heterocycles. The summed E-state index contributed by atoms with van der Waals surface area (Å²) in [6.07, 6.45) is 0.542. The second kappa shape index (κ2) is 5.66. The molecule has 0 saturated heterocycles.